The van der Waals surface area contributed by atoms with Crippen molar-refractivity contribution in [2.75, 3.05) is 13.2 Å². The second-order valence-electron chi connectivity index (χ2n) is 24.6. The molecule has 2 atom stereocenters. The number of amides is 1. The summed E-state index contributed by atoms with van der Waals surface area (Å²) in [4.78, 5) is 24.6. The van der Waals surface area contributed by atoms with Crippen molar-refractivity contribution in [2.45, 2.75) is 411 Å². The van der Waals surface area contributed by atoms with Gasteiger partial charge in [0.25, 0.3) is 0 Å². The second-order valence-corrected chi connectivity index (χ2v) is 24.6. The minimum atomic E-state index is -0.843. The van der Waals surface area contributed by atoms with Crippen molar-refractivity contribution in [1.29, 1.82) is 0 Å². The predicted octanol–water partition coefficient (Wildman–Crippen LogP) is 22.9. The number of aliphatic hydroxyl groups excluding tert-OH is 2. The first kappa shape index (κ1) is 76.3. The topological polar surface area (TPSA) is 95.9 Å². The van der Waals surface area contributed by atoms with E-state index in [0.717, 1.165) is 38.5 Å². The first-order chi connectivity index (χ1) is 38.5. The number of hydrogen-bond acceptors (Lipinski definition) is 5. The molecule has 0 aromatic rings. The van der Waals surface area contributed by atoms with Gasteiger partial charge < -0.3 is 20.3 Å². The minimum absolute atomic E-state index is 0.0204. The van der Waals surface area contributed by atoms with E-state index in [1.165, 1.54) is 334 Å². The van der Waals surface area contributed by atoms with E-state index < -0.39 is 12.1 Å². The fraction of sp³-hybridized carbons (Fsp3) is 0.917. The van der Waals surface area contributed by atoms with Gasteiger partial charge in [-0.2, -0.15) is 0 Å². The Morgan fingerprint density at radius 2 is 0.603 bits per heavy atom. The van der Waals surface area contributed by atoms with Crippen LogP contribution >= 0.6 is 0 Å². The van der Waals surface area contributed by atoms with Crippen LogP contribution in [0, 0.1) is 0 Å². The van der Waals surface area contributed by atoms with Crippen molar-refractivity contribution in [3.8, 4) is 0 Å². The number of aliphatic hydroxyl groups is 2. The second kappa shape index (κ2) is 67.8. The van der Waals surface area contributed by atoms with E-state index in [4.69, 9.17) is 4.74 Å². The normalized spacial score (nSPS) is 12.6. The fourth-order valence-electron chi connectivity index (χ4n) is 11.3. The lowest BCUT2D eigenvalue weighted by Gasteiger charge is -2.20. The highest BCUT2D eigenvalue weighted by Crippen LogP contribution is 2.19. The zero-order valence-electron chi connectivity index (χ0n) is 52.9. The molecule has 3 N–H and O–H groups in total. The molecule has 0 aliphatic rings. The van der Waals surface area contributed by atoms with Gasteiger partial charge in [0, 0.05) is 12.8 Å². The maximum atomic E-state index is 12.5. The first-order valence-corrected chi connectivity index (χ1v) is 35.6. The summed E-state index contributed by atoms with van der Waals surface area (Å²) in [6.07, 6.45) is 85.5. The molecule has 0 aromatic carbocycles. The summed E-state index contributed by atoms with van der Waals surface area (Å²) < 4.78 is 5.50. The molecule has 0 saturated carbocycles. The van der Waals surface area contributed by atoms with E-state index in [1.54, 1.807) is 6.08 Å². The third kappa shape index (κ3) is 63.5. The van der Waals surface area contributed by atoms with Gasteiger partial charge >= 0.3 is 5.97 Å². The summed E-state index contributed by atoms with van der Waals surface area (Å²) in [5, 5.41) is 23.2. The highest BCUT2D eigenvalue weighted by molar-refractivity contribution is 5.76. The SMILES string of the molecule is CCCCCCCCCCCCCCCC/C=C/C(O)C(CO)NC(=O)CCCCCCCCCCCCCCCC/C=C\CCCCCCCCCCCCCCOC(=O)CCCCCCCCCCCCCCCCC. The van der Waals surface area contributed by atoms with Crippen LogP contribution in [-0.4, -0.2) is 47.4 Å². The van der Waals surface area contributed by atoms with Gasteiger partial charge in [-0.1, -0.05) is 353 Å². The Hall–Kier alpha value is -1.66. The van der Waals surface area contributed by atoms with Gasteiger partial charge in [-0.15, -0.1) is 0 Å². The number of carbonyl (C=O) groups is 2. The average Bonchev–Trinajstić information content (AvgIpc) is 3.44. The standard InChI is InChI=1S/C72H139NO5/c1-3-5-7-9-11-13-15-17-19-37-40-44-48-52-56-60-64-70(75)69(68-74)73-71(76)65-61-57-53-49-45-41-38-34-32-30-28-26-24-22-20-21-23-25-27-29-31-33-35-39-43-47-51-55-59-63-67-78-72(77)66-62-58-54-50-46-42-36-18-16-14-12-10-8-6-4-2/h21,23,60,64,69-70,74-75H,3-20,22,24-59,61-63,65-68H2,1-2H3,(H,73,76)/b23-21-,64-60+. The van der Waals surface area contributed by atoms with Crippen molar-refractivity contribution in [3.63, 3.8) is 0 Å². The molecular weight excluding hydrogens is 959 g/mol. The molecule has 0 radical (unpaired) electrons. The molecule has 0 fully saturated rings. The number of unbranched alkanes of at least 4 members (excludes halogenated alkanes) is 54. The van der Waals surface area contributed by atoms with Crippen LogP contribution in [0.15, 0.2) is 24.3 Å². The van der Waals surface area contributed by atoms with Crippen molar-refractivity contribution >= 4 is 11.9 Å². The average molecular weight is 1100 g/mol. The van der Waals surface area contributed by atoms with Crippen molar-refractivity contribution in [2.24, 2.45) is 0 Å². The summed E-state index contributed by atoms with van der Waals surface area (Å²) in [5.41, 5.74) is 0. The highest BCUT2D eigenvalue weighted by atomic mass is 16.5. The summed E-state index contributed by atoms with van der Waals surface area (Å²) in [7, 11) is 0. The lowest BCUT2D eigenvalue weighted by molar-refractivity contribution is -0.143. The van der Waals surface area contributed by atoms with Gasteiger partial charge in [0.2, 0.25) is 5.91 Å². The molecule has 0 spiro atoms. The number of nitrogens with one attached hydrogen (secondary N) is 1. The van der Waals surface area contributed by atoms with E-state index in [1.807, 2.05) is 6.08 Å². The molecule has 1 amide bonds. The van der Waals surface area contributed by atoms with Crippen LogP contribution in [0.5, 0.6) is 0 Å². The van der Waals surface area contributed by atoms with E-state index >= 15 is 0 Å². The smallest absolute Gasteiger partial charge is 0.305 e. The van der Waals surface area contributed by atoms with Gasteiger partial charge in [0.05, 0.1) is 25.4 Å². The maximum absolute atomic E-state index is 12.5. The third-order valence-corrected chi connectivity index (χ3v) is 16.7. The molecule has 0 aromatic heterocycles. The van der Waals surface area contributed by atoms with Crippen LogP contribution in [-0.2, 0) is 14.3 Å². The Morgan fingerprint density at radius 3 is 0.910 bits per heavy atom. The third-order valence-electron chi connectivity index (χ3n) is 16.7. The van der Waals surface area contributed by atoms with E-state index in [9.17, 15) is 19.8 Å². The molecule has 0 heterocycles. The van der Waals surface area contributed by atoms with Crippen LogP contribution < -0.4 is 5.32 Å². The molecule has 0 aliphatic carbocycles. The Kier molecular flexibility index (Phi) is 66.4. The van der Waals surface area contributed by atoms with Gasteiger partial charge in [0.1, 0.15) is 0 Å². The molecule has 0 rings (SSSR count). The monoisotopic (exact) mass is 1100 g/mol. The number of carbonyl (C=O) groups excluding carboxylic acids is 2. The van der Waals surface area contributed by atoms with Crippen molar-refractivity contribution < 1.29 is 24.5 Å². The van der Waals surface area contributed by atoms with Gasteiger partial charge in [-0.3, -0.25) is 9.59 Å². The van der Waals surface area contributed by atoms with Crippen LogP contribution in [0.2, 0.25) is 0 Å². The van der Waals surface area contributed by atoms with E-state index in [-0.39, 0.29) is 18.5 Å². The Bertz CT molecular complexity index is 1220. The number of allylic oxidation sites excluding steroid dienone is 3. The van der Waals surface area contributed by atoms with E-state index in [2.05, 4.69) is 31.3 Å². The first-order valence-electron chi connectivity index (χ1n) is 35.6. The summed E-state index contributed by atoms with van der Waals surface area (Å²) in [6.45, 7) is 4.94. The highest BCUT2D eigenvalue weighted by Gasteiger charge is 2.18. The molecule has 2 unspecified atom stereocenters. The van der Waals surface area contributed by atoms with Gasteiger partial charge in [-0.25, -0.2) is 0 Å². The molecule has 0 aliphatic heterocycles. The summed E-state index contributed by atoms with van der Waals surface area (Å²) in [5.74, 6) is -0.0432. The fourth-order valence-corrected chi connectivity index (χ4v) is 11.3. The molecule has 6 heteroatoms. The Labute approximate surface area is 488 Å². The summed E-state index contributed by atoms with van der Waals surface area (Å²) >= 11 is 0. The van der Waals surface area contributed by atoms with Crippen LogP contribution in [0.25, 0.3) is 0 Å². The van der Waals surface area contributed by atoms with Crippen LogP contribution in [0.4, 0.5) is 0 Å². The molecule has 78 heavy (non-hydrogen) atoms. The molecular formula is C72H139NO5. The van der Waals surface area contributed by atoms with Gasteiger partial charge in [0.15, 0.2) is 0 Å². The van der Waals surface area contributed by atoms with Crippen LogP contribution in [0.1, 0.15) is 399 Å². The largest absolute Gasteiger partial charge is 0.466 e. The minimum Gasteiger partial charge on any atom is -0.466 e. The summed E-state index contributed by atoms with van der Waals surface area (Å²) in [6, 6.07) is -0.626. The van der Waals surface area contributed by atoms with Gasteiger partial charge in [-0.05, 0) is 57.8 Å². The molecule has 0 bridgehead atoms. The van der Waals surface area contributed by atoms with Crippen molar-refractivity contribution in [3.05, 3.63) is 24.3 Å². The lowest BCUT2D eigenvalue weighted by atomic mass is 10.0. The van der Waals surface area contributed by atoms with Crippen LogP contribution in [0.3, 0.4) is 0 Å². The molecule has 6 nitrogen and oxygen atoms in total. The zero-order chi connectivity index (χ0) is 56.4. The Morgan fingerprint density at radius 1 is 0.346 bits per heavy atom. The molecule has 462 valence electrons. The quantitative estimate of drug-likeness (QED) is 0.0320. The maximum Gasteiger partial charge on any atom is 0.305 e. The van der Waals surface area contributed by atoms with E-state index in [0.29, 0.717) is 19.4 Å². The zero-order valence-corrected chi connectivity index (χ0v) is 52.9. The Balaban J connectivity index is 3.37. The number of hydrogen-bond donors (Lipinski definition) is 3. The number of ether oxygens (including phenoxy) is 1. The molecule has 0 saturated heterocycles. The number of esters is 1. The lowest BCUT2D eigenvalue weighted by Crippen LogP contribution is -2.45. The van der Waals surface area contributed by atoms with Crippen molar-refractivity contribution in [1.82, 2.24) is 5.32 Å². The number of rotatable bonds is 67. The predicted molar refractivity (Wildman–Crippen MR) is 343 cm³/mol.